The van der Waals surface area contributed by atoms with Crippen LogP contribution >= 0.6 is 0 Å². The van der Waals surface area contributed by atoms with E-state index in [1.54, 1.807) is 0 Å². The topological polar surface area (TPSA) is 29.0 Å². The van der Waals surface area contributed by atoms with Crippen molar-refractivity contribution in [2.45, 2.75) is 39.5 Å². The zero-order chi connectivity index (χ0) is 11.5. The number of hydrogen-bond donors (Lipinski definition) is 0. The summed E-state index contributed by atoms with van der Waals surface area (Å²) in [6.45, 7) is 8.83. The lowest BCUT2D eigenvalue weighted by Crippen LogP contribution is -2.22. The fourth-order valence-electron chi connectivity index (χ4n) is 2.14. The van der Waals surface area contributed by atoms with Crippen LogP contribution in [0.4, 0.5) is 5.95 Å². The van der Waals surface area contributed by atoms with Crippen molar-refractivity contribution < 1.29 is 0 Å². The molecule has 2 rings (SSSR count). The molecular weight excluding hydrogens is 198 g/mol. The third kappa shape index (κ3) is 2.34. The Bertz CT molecular complexity index is 332. The molecule has 0 aliphatic carbocycles. The first-order valence-corrected chi connectivity index (χ1v) is 6.27. The van der Waals surface area contributed by atoms with Gasteiger partial charge in [-0.1, -0.05) is 27.2 Å². The van der Waals surface area contributed by atoms with Crippen LogP contribution in [0.5, 0.6) is 0 Å². The predicted octanol–water partition coefficient (Wildman–Crippen LogP) is 2.84. The average molecular weight is 219 g/mol. The quantitative estimate of drug-likeness (QED) is 0.782. The zero-order valence-corrected chi connectivity index (χ0v) is 10.5. The van der Waals surface area contributed by atoms with Gasteiger partial charge in [0.1, 0.15) is 0 Å². The summed E-state index contributed by atoms with van der Waals surface area (Å²) in [5, 5.41) is 0. The van der Waals surface area contributed by atoms with E-state index in [0.717, 1.165) is 25.0 Å². The maximum atomic E-state index is 4.47. The SMILES string of the molecule is CCC1CCN(c2ncc(C(C)C)cn2)C1. The highest BCUT2D eigenvalue weighted by Gasteiger charge is 2.22. The maximum absolute atomic E-state index is 4.47. The van der Waals surface area contributed by atoms with Crippen molar-refractivity contribution >= 4 is 5.95 Å². The van der Waals surface area contributed by atoms with Gasteiger partial charge >= 0.3 is 0 Å². The van der Waals surface area contributed by atoms with Crippen LogP contribution in [0.15, 0.2) is 12.4 Å². The molecule has 1 aromatic heterocycles. The molecule has 0 radical (unpaired) electrons. The minimum Gasteiger partial charge on any atom is -0.341 e. The molecule has 1 unspecified atom stereocenters. The zero-order valence-electron chi connectivity index (χ0n) is 10.5. The number of aromatic nitrogens is 2. The highest BCUT2D eigenvalue weighted by Crippen LogP contribution is 2.23. The van der Waals surface area contributed by atoms with Gasteiger partial charge in [0.05, 0.1) is 0 Å². The molecule has 0 spiro atoms. The van der Waals surface area contributed by atoms with Crippen molar-refractivity contribution in [2.75, 3.05) is 18.0 Å². The Hall–Kier alpha value is -1.12. The largest absolute Gasteiger partial charge is 0.341 e. The van der Waals surface area contributed by atoms with Gasteiger partial charge in [0, 0.05) is 25.5 Å². The number of hydrogen-bond acceptors (Lipinski definition) is 3. The molecule has 1 saturated heterocycles. The molecule has 16 heavy (non-hydrogen) atoms. The standard InChI is InChI=1S/C13H21N3/c1-4-11-5-6-16(9-11)13-14-7-12(8-15-13)10(2)3/h7-8,10-11H,4-6,9H2,1-3H3. The van der Waals surface area contributed by atoms with E-state index in [1.807, 2.05) is 12.4 Å². The molecule has 1 aliphatic rings. The maximum Gasteiger partial charge on any atom is 0.225 e. The van der Waals surface area contributed by atoms with E-state index in [0.29, 0.717) is 5.92 Å². The van der Waals surface area contributed by atoms with E-state index in [-0.39, 0.29) is 0 Å². The van der Waals surface area contributed by atoms with Gasteiger partial charge in [0.2, 0.25) is 5.95 Å². The van der Waals surface area contributed by atoms with Crippen LogP contribution in [0.1, 0.15) is 45.1 Å². The van der Waals surface area contributed by atoms with Crippen molar-refractivity contribution in [1.29, 1.82) is 0 Å². The Morgan fingerprint density at radius 1 is 1.38 bits per heavy atom. The van der Waals surface area contributed by atoms with Gasteiger partial charge in [-0.3, -0.25) is 0 Å². The summed E-state index contributed by atoms with van der Waals surface area (Å²) in [5.41, 5.74) is 1.22. The molecule has 0 saturated carbocycles. The Morgan fingerprint density at radius 3 is 2.56 bits per heavy atom. The monoisotopic (exact) mass is 219 g/mol. The Balaban J connectivity index is 2.05. The summed E-state index contributed by atoms with van der Waals surface area (Å²) in [4.78, 5) is 11.2. The Labute approximate surface area is 97.9 Å². The molecule has 1 aromatic rings. The second-order valence-corrected chi connectivity index (χ2v) is 4.98. The molecular formula is C13H21N3. The normalized spacial score (nSPS) is 20.8. The first-order chi connectivity index (χ1) is 7.70. The second-order valence-electron chi connectivity index (χ2n) is 4.98. The second kappa shape index (κ2) is 4.81. The van der Waals surface area contributed by atoms with Gasteiger partial charge in [0.15, 0.2) is 0 Å². The van der Waals surface area contributed by atoms with Gasteiger partial charge in [-0.25, -0.2) is 9.97 Å². The van der Waals surface area contributed by atoms with E-state index >= 15 is 0 Å². The van der Waals surface area contributed by atoms with E-state index < -0.39 is 0 Å². The molecule has 88 valence electrons. The number of anilines is 1. The van der Waals surface area contributed by atoms with E-state index in [9.17, 15) is 0 Å². The minimum absolute atomic E-state index is 0.510. The lowest BCUT2D eigenvalue weighted by atomic mass is 10.1. The van der Waals surface area contributed by atoms with Gasteiger partial charge < -0.3 is 4.90 Å². The van der Waals surface area contributed by atoms with Gasteiger partial charge in [-0.05, 0) is 23.8 Å². The molecule has 1 aliphatic heterocycles. The van der Waals surface area contributed by atoms with Crippen LogP contribution in [0.25, 0.3) is 0 Å². The van der Waals surface area contributed by atoms with E-state index in [4.69, 9.17) is 0 Å². The Morgan fingerprint density at radius 2 is 2.06 bits per heavy atom. The molecule has 1 fully saturated rings. The highest BCUT2D eigenvalue weighted by molar-refractivity contribution is 5.32. The lowest BCUT2D eigenvalue weighted by Gasteiger charge is -2.16. The van der Waals surface area contributed by atoms with Crippen LogP contribution < -0.4 is 4.90 Å². The summed E-state index contributed by atoms with van der Waals surface area (Å²) in [7, 11) is 0. The van der Waals surface area contributed by atoms with Crippen molar-refractivity contribution in [3.8, 4) is 0 Å². The predicted molar refractivity (Wildman–Crippen MR) is 66.7 cm³/mol. The van der Waals surface area contributed by atoms with Crippen LogP contribution in [0.3, 0.4) is 0 Å². The van der Waals surface area contributed by atoms with Gasteiger partial charge in [-0.15, -0.1) is 0 Å². The van der Waals surface area contributed by atoms with Crippen molar-refractivity contribution in [2.24, 2.45) is 5.92 Å². The molecule has 1 atom stereocenters. The molecule has 0 bridgehead atoms. The smallest absolute Gasteiger partial charge is 0.225 e. The van der Waals surface area contributed by atoms with Gasteiger partial charge in [0.25, 0.3) is 0 Å². The summed E-state index contributed by atoms with van der Waals surface area (Å²) in [6.07, 6.45) is 6.48. The van der Waals surface area contributed by atoms with Crippen molar-refractivity contribution in [1.82, 2.24) is 9.97 Å². The third-order valence-corrected chi connectivity index (χ3v) is 3.47. The first-order valence-electron chi connectivity index (χ1n) is 6.27. The number of nitrogens with zero attached hydrogens (tertiary/aromatic N) is 3. The molecule has 0 N–H and O–H groups in total. The molecule has 0 amide bonds. The Kier molecular flexibility index (Phi) is 3.42. The van der Waals surface area contributed by atoms with E-state index in [2.05, 4.69) is 35.6 Å². The summed E-state index contributed by atoms with van der Waals surface area (Å²) in [5.74, 6) is 2.24. The average Bonchev–Trinajstić information content (AvgIpc) is 2.77. The molecule has 3 heteroatoms. The summed E-state index contributed by atoms with van der Waals surface area (Å²) >= 11 is 0. The van der Waals surface area contributed by atoms with E-state index in [1.165, 1.54) is 18.4 Å². The van der Waals surface area contributed by atoms with Gasteiger partial charge in [-0.2, -0.15) is 0 Å². The first kappa shape index (κ1) is 11.4. The summed E-state index contributed by atoms with van der Waals surface area (Å²) < 4.78 is 0. The van der Waals surface area contributed by atoms with Crippen LogP contribution in [-0.4, -0.2) is 23.1 Å². The van der Waals surface area contributed by atoms with Crippen LogP contribution in [0, 0.1) is 5.92 Å². The molecule has 3 nitrogen and oxygen atoms in total. The van der Waals surface area contributed by atoms with Crippen LogP contribution in [-0.2, 0) is 0 Å². The molecule has 0 aromatic carbocycles. The van der Waals surface area contributed by atoms with Crippen LogP contribution in [0.2, 0.25) is 0 Å². The lowest BCUT2D eigenvalue weighted by molar-refractivity contribution is 0.568. The third-order valence-electron chi connectivity index (χ3n) is 3.47. The highest BCUT2D eigenvalue weighted by atomic mass is 15.3. The van der Waals surface area contributed by atoms with Crippen molar-refractivity contribution in [3.05, 3.63) is 18.0 Å². The summed E-state index contributed by atoms with van der Waals surface area (Å²) in [6, 6.07) is 0. The van der Waals surface area contributed by atoms with Crippen molar-refractivity contribution in [3.63, 3.8) is 0 Å². The fraction of sp³-hybridized carbons (Fsp3) is 0.692. The molecule has 2 heterocycles. The fourth-order valence-corrected chi connectivity index (χ4v) is 2.14. The minimum atomic E-state index is 0.510. The number of rotatable bonds is 3.